The molecule has 1 heterocycles. The van der Waals surface area contributed by atoms with Crippen molar-refractivity contribution in [2.45, 2.75) is 13.8 Å². The first-order valence-corrected chi connectivity index (χ1v) is 9.60. The number of aryl methyl sites for hydroxylation is 2. The summed E-state index contributed by atoms with van der Waals surface area (Å²) in [4.78, 5) is 29.1. The van der Waals surface area contributed by atoms with E-state index in [4.69, 9.17) is 0 Å². The summed E-state index contributed by atoms with van der Waals surface area (Å²) in [5.74, 6) is -0.617. The summed E-state index contributed by atoms with van der Waals surface area (Å²) in [6.07, 6.45) is 0. The average molecular weight is 438 g/mol. The molecule has 28 heavy (non-hydrogen) atoms. The van der Waals surface area contributed by atoms with Crippen molar-refractivity contribution in [2.24, 2.45) is 0 Å². The van der Waals surface area contributed by atoms with Gasteiger partial charge >= 0.3 is 0 Å². The van der Waals surface area contributed by atoms with Gasteiger partial charge in [0.25, 0.3) is 5.91 Å². The summed E-state index contributed by atoms with van der Waals surface area (Å²) < 4.78 is 0.973. The molecule has 3 aromatic rings. The van der Waals surface area contributed by atoms with Gasteiger partial charge in [0.05, 0.1) is 23.5 Å². The molecule has 3 rings (SSSR count). The minimum absolute atomic E-state index is 0.117. The van der Waals surface area contributed by atoms with E-state index in [0.717, 1.165) is 21.3 Å². The summed E-state index contributed by atoms with van der Waals surface area (Å²) in [5.41, 5.74) is 4.56. The number of nitrogens with one attached hydrogen (secondary N) is 2. The van der Waals surface area contributed by atoms with Crippen molar-refractivity contribution in [3.63, 3.8) is 0 Å². The molecule has 0 spiro atoms. The second-order valence-corrected chi connectivity index (χ2v) is 7.24. The van der Waals surface area contributed by atoms with Gasteiger partial charge in [-0.25, -0.2) is 0 Å². The molecule has 0 aliphatic heterocycles. The molecule has 0 atom stereocenters. The number of halogens is 1. The van der Waals surface area contributed by atoms with Crippen molar-refractivity contribution < 1.29 is 9.59 Å². The number of benzene rings is 2. The molecule has 2 amide bonds. The van der Waals surface area contributed by atoms with Crippen LogP contribution in [0.1, 0.15) is 21.6 Å². The van der Waals surface area contributed by atoms with Crippen molar-refractivity contribution >= 4 is 33.4 Å². The predicted octanol–water partition coefficient (Wildman–Crippen LogP) is 4.50. The SMILES string of the molecule is Cc1cc(NC(=O)CNC(=O)c2ccc(-c3ccccc3)nc2C)ccc1Br. The normalized spacial score (nSPS) is 10.4. The molecular weight excluding hydrogens is 418 g/mol. The molecule has 0 unspecified atom stereocenters. The Morgan fingerprint density at radius 3 is 2.43 bits per heavy atom. The second-order valence-electron chi connectivity index (χ2n) is 6.39. The van der Waals surface area contributed by atoms with Crippen LogP contribution in [0.2, 0.25) is 0 Å². The lowest BCUT2D eigenvalue weighted by molar-refractivity contribution is -0.115. The van der Waals surface area contributed by atoms with Crippen LogP contribution < -0.4 is 10.6 Å². The van der Waals surface area contributed by atoms with Gasteiger partial charge in [0.15, 0.2) is 0 Å². The van der Waals surface area contributed by atoms with Crippen LogP contribution in [0.15, 0.2) is 65.1 Å². The average Bonchev–Trinajstić information content (AvgIpc) is 2.69. The van der Waals surface area contributed by atoms with Gasteiger partial charge in [-0.3, -0.25) is 14.6 Å². The molecule has 0 fully saturated rings. The standard InChI is InChI=1S/C22H20BrN3O2/c1-14-12-17(8-10-19(14)23)26-21(27)13-24-22(28)18-9-11-20(25-15(18)2)16-6-4-3-5-7-16/h3-12H,13H2,1-2H3,(H,24,28)(H,26,27). The first-order valence-electron chi connectivity index (χ1n) is 8.81. The van der Waals surface area contributed by atoms with Gasteiger partial charge in [-0.15, -0.1) is 0 Å². The molecule has 1 aromatic heterocycles. The van der Waals surface area contributed by atoms with Gasteiger partial charge in [-0.05, 0) is 49.7 Å². The van der Waals surface area contributed by atoms with E-state index in [0.29, 0.717) is 16.9 Å². The lowest BCUT2D eigenvalue weighted by atomic mass is 10.1. The third-order valence-electron chi connectivity index (χ3n) is 4.25. The highest BCUT2D eigenvalue weighted by molar-refractivity contribution is 9.10. The Morgan fingerprint density at radius 2 is 1.75 bits per heavy atom. The molecule has 0 saturated heterocycles. The van der Waals surface area contributed by atoms with Crippen molar-refractivity contribution in [3.8, 4) is 11.3 Å². The Hall–Kier alpha value is -2.99. The number of carbonyl (C=O) groups excluding carboxylic acids is 2. The molecule has 0 saturated carbocycles. The second kappa shape index (κ2) is 8.80. The zero-order chi connectivity index (χ0) is 20.1. The quantitative estimate of drug-likeness (QED) is 0.617. The van der Waals surface area contributed by atoms with Crippen molar-refractivity contribution in [1.29, 1.82) is 0 Å². The fourth-order valence-corrected chi connectivity index (χ4v) is 3.00. The van der Waals surface area contributed by atoms with Gasteiger partial charge in [0.1, 0.15) is 0 Å². The highest BCUT2D eigenvalue weighted by Gasteiger charge is 2.13. The summed E-state index contributed by atoms with van der Waals surface area (Å²) in [6, 6.07) is 18.8. The largest absolute Gasteiger partial charge is 0.343 e. The molecular formula is C22H20BrN3O2. The smallest absolute Gasteiger partial charge is 0.253 e. The zero-order valence-electron chi connectivity index (χ0n) is 15.6. The van der Waals surface area contributed by atoms with Gasteiger partial charge in [0.2, 0.25) is 5.91 Å². The molecule has 0 aliphatic carbocycles. The molecule has 0 radical (unpaired) electrons. The van der Waals surface area contributed by atoms with E-state index in [-0.39, 0.29) is 18.4 Å². The number of carbonyl (C=O) groups is 2. The van der Waals surface area contributed by atoms with Crippen LogP contribution >= 0.6 is 15.9 Å². The minimum Gasteiger partial charge on any atom is -0.343 e. The van der Waals surface area contributed by atoms with Gasteiger partial charge in [-0.2, -0.15) is 0 Å². The van der Waals surface area contributed by atoms with E-state index in [2.05, 4.69) is 31.5 Å². The minimum atomic E-state index is -0.327. The number of hydrogen-bond acceptors (Lipinski definition) is 3. The van der Waals surface area contributed by atoms with Gasteiger partial charge in [-0.1, -0.05) is 46.3 Å². The van der Waals surface area contributed by atoms with Gasteiger partial charge < -0.3 is 10.6 Å². The monoisotopic (exact) mass is 437 g/mol. The number of pyridine rings is 1. The molecule has 2 aromatic carbocycles. The third-order valence-corrected chi connectivity index (χ3v) is 5.14. The number of amides is 2. The lowest BCUT2D eigenvalue weighted by Crippen LogP contribution is -2.33. The Labute approximate surface area is 172 Å². The number of nitrogens with zero attached hydrogens (tertiary/aromatic N) is 1. The van der Waals surface area contributed by atoms with E-state index in [1.54, 1.807) is 19.1 Å². The highest BCUT2D eigenvalue weighted by atomic mass is 79.9. The maximum Gasteiger partial charge on any atom is 0.253 e. The Balaban J connectivity index is 1.61. The van der Waals surface area contributed by atoms with Crippen LogP contribution in [0.4, 0.5) is 5.69 Å². The maximum absolute atomic E-state index is 12.4. The van der Waals surface area contributed by atoms with Crippen LogP contribution in [0.25, 0.3) is 11.3 Å². The van der Waals surface area contributed by atoms with E-state index in [9.17, 15) is 9.59 Å². The van der Waals surface area contributed by atoms with Crippen LogP contribution in [0, 0.1) is 13.8 Å². The van der Waals surface area contributed by atoms with E-state index < -0.39 is 0 Å². The molecule has 2 N–H and O–H groups in total. The summed E-state index contributed by atoms with van der Waals surface area (Å²) in [5, 5.41) is 5.42. The topological polar surface area (TPSA) is 71.1 Å². The first-order chi connectivity index (χ1) is 13.4. The molecule has 142 valence electrons. The number of anilines is 1. The first kappa shape index (κ1) is 19.8. The Morgan fingerprint density at radius 1 is 1.00 bits per heavy atom. The Bertz CT molecular complexity index is 1020. The van der Waals surface area contributed by atoms with E-state index >= 15 is 0 Å². The summed E-state index contributed by atoms with van der Waals surface area (Å²) in [7, 11) is 0. The molecule has 0 bridgehead atoms. The summed E-state index contributed by atoms with van der Waals surface area (Å²) >= 11 is 3.42. The van der Waals surface area contributed by atoms with Crippen LogP contribution in [-0.2, 0) is 4.79 Å². The fraction of sp³-hybridized carbons (Fsp3) is 0.136. The molecule has 5 nitrogen and oxygen atoms in total. The molecule has 6 heteroatoms. The molecule has 0 aliphatic rings. The van der Waals surface area contributed by atoms with Crippen molar-refractivity contribution in [3.05, 3.63) is 82.0 Å². The van der Waals surface area contributed by atoms with Crippen LogP contribution in [0.5, 0.6) is 0 Å². The maximum atomic E-state index is 12.4. The highest BCUT2D eigenvalue weighted by Crippen LogP contribution is 2.20. The van der Waals surface area contributed by atoms with E-state index in [1.807, 2.05) is 55.5 Å². The van der Waals surface area contributed by atoms with Crippen molar-refractivity contribution in [1.82, 2.24) is 10.3 Å². The van der Waals surface area contributed by atoms with Crippen LogP contribution in [0.3, 0.4) is 0 Å². The lowest BCUT2D eigenvalue weighted by Gasteiger charge is -2.10. The predicted molar refractivity (Wildman–Crippen MR) is 114 cm³/mol. The number of rotatable bonds is 5. The Kier molecular flexibility index (Phi) is 6.21. The van der Waals surface area contributed by atoms with Gasteiger partial charge in [0, 0.05) is 15.7 Å². The fourth-order valence-electron chi connectivity index (χ4n) is 2.75. The van der Waals surface area contributed by atoms with E-state index in [1.165, 1.54) is 0 Å². The zero-order valence-corrected chi connectivity index (χ0v) is 17.2. The van der Waals surface area contributed by atoms with Crippen molar-refractivity contribution in [2.75, 3.05) is 11.9 Å². The number of hydrogen-bond donors (Lipinski definition) is 2. The van der Waals surface area contributed by atoms with Crippen LogP contribution in [-0.4, -0.2) is 23.3 Å². The third kappa shape index (κ3) is 4.84. The number of aromatic nitrogens is 1. The summed E-state index contributed by atoms with van der Waals surface area (Å²) in [6.45, 7) is 3.61.